The Kier molecular flexibility index (Phi) is 4.80. The molecular formula is C21H18N4S. The lowest BCUT2D eigenvalue weighted by Crippen LogP contribution is -2.00. The molecule has 4 rings (SSSR count). The van der Waals surface area contributed by atoms with Gasteiger partial charge >= 0.3 is 0 Å². The number of hydrogen-bond donors (Lipinski definition) is 0. The second-order valence-electron chi connectivity index (χ2n) is 5.80. The molecule has 5 heteroatoms. The van der Waals surface area contributed by atoms with Gasteiger partial charge in [-0.25, -0.2) is 4.98 Å². The highest BCUT2D eigenvalue weighted by molar-refractivity contribution is 7.99. The number of nitrogens with zero attached hydrogens (tertiary/aromatic N) is 4. The van der Waals surface area contributed by atoms with Crippen LogP contribution < -0.4 is 0 Å². The lowest BCUT2D eigenvalue weighted by Gasteiger charge is -2.11. The van der Waals surface area contributed by atoms with Gasteiger partial charge in [0.1, 0.15) is 5.03 Å². The molecule has 0 atom stereocenters. The summed E-state index contributed by atoms with van der Waals surface area (Å²) in [5.41, 5.74) is 3.39. The number of aromatic nitrogens is 4. The first kappa shape index (κ1) is 16.5. The third kappa shape index (κ3) is 3.39. The van der Waals surface area contributed by atoms with E-state index in [4.69, 9.17) is 0 Å². The second kappa shape index (κ2) is 7.54. The maximum Gasteiger partial charge on any atom is 0.202 e. The summed E-state index contributed by atoms with van der Waals surface area (Å²) in [6.45, 7) is 2.16. The van der Waals surface area contributed by atoms with Crippen molar-refractivity contribution in [2.75, 3.05) is 0 Å². The van der Waals surface area contributed by atoms with Crippen LogP contribution >= 0.6 is 11.8 Å². The first-order valence-corrected chi connectivity index (χ1v) is 9.36. The molecule has 4 nitrogen and oxygen atoms in total. The Balaban J connectivity index is 1.82. The van der Waals surface area contributed by atoms with Crippen LogP contribution in [0.15, 0.2) is 89.2 Å². The van der Waals surface area contributed by atoms with Crippen molar-refractivity contribution in [3.63, 3.8) is 0 Å². The quantitative estimate of drug-likeness (QED) is 0.501. The van der Waals surface area contributed by atoms with E-state index in [9.17, 15) is 0 Å². The van der Waals surface area contributed by atoms with Crippen molar-refractivity contribution in [2.24, 2.45) is 0 Å². The molecule has 2 heterocycles. The van der Waals surface area contributed by atoms with E-state index >= 15 is 0 Å². The molecule has 26 heavy (non-hydrogen) atoms. The fourth-order valence-electron chi connectivity index (χ4n) is 2.72. The summed E-state index contributed by atoms with van der Waals surface area (Å²) in [5, 5.41) is 10.6. The Morgan fingerprint density at radius 1 is 0.846 bits per heavy atom. The third-order valence-corrected chi connectivity index (χ3v) is 5.00. The molecule has 0 saturated carbocycles. The molecule has 128 valence electrons. The zero-order valence-electron chi connectivity index (χ0n) is 14.4. The van der Waals surface area contributed by atoms with Gasteiger partial charge in [-0.2, -0.15) is 0 Å². The molecule has 0 aliphatic heterocycles. The van der Waals surface area contributed by atoms with Gasteiger partial charge in [0.25, 0.3) is 0 Å². The average Bonchev–Trinajstić information content (AvgIpc) is 3.13. The summed E-state index contributed by atoms with van der Waals surface area (Å²) >= 11 is 1.51. The predicted octanol–water partition coefficient (Wildman–Crippen LogP) is 5.04. The Morgan fingerprint density at radius 3 is 2.31 bits per heavy atom. The van der Waals surface area contributed by atoms with Crippen LogP contribution in [-0.2, 0) is 6.42 Å². The normalized spacial score (nSPS) is 10.8. The van der Waals surface area contributed by atoms with Crippen molar-refractivity contribution in [3.05, 3.63) is 84.6 Å². The molecule has 2 aromatic carbocycles. The Bertz CT molecular complexity index is 980. The van der Waals surface area contributed by atoms with Crippen LogP contribution in [0.2, 0.25) is 0 Å². The van der Waals surface area contributed by atoms with E-state index in [2.05, 4.69) is 63.1 Å². The lowest BCUT2D eigenvalue weighted by molar-refractivity contribution is 0.882. The zero-order valence-corrected chi connectivity index (χ0v) is 15.2. The first-order chi connectivity index (χ1) is 12.8. The van der Waals surface area contributed by atoms with Crippen molar-refractivity contribution in [3.8, 4) is 17.1 Å². The Hall–Kier alpha value is -2.92. The molecule has 0 radical (unpaired) electrons. The topological polar surface area (TPSA) is 43.6 Å². The van der Waals surface area contributed by atoms with Crippen molar-refractivity contribution in [1.82, 2.24) is 19.7 Å². The lowest BCUT2D eigenvalue weighted by atomic mass is 10.1. The van der Waals surface area contributed by atoms with Crippen LogP contribution in [0.4, 0.5) is 0 Å². The summed E-state index contributed by atoms with van der Waals surface area (Å²) in [5.74, 6) is 0.827. The molecule has 0 aliphatic rings. The number of rotatable bonds is 5. The number of benzene rings is 2. The van der Waals surface area contributed by atoms with Gasteiger partial charge in [-0.3, -0.25) is 4.57 Å². The average molecular weight is 358 g/mol. The monoisotopic (exact) mass is 358 g/mol. The third-order valence-electron chi connectivity index (χ3n) is 4.10. The SMILES string of the molecule is CCc1ccc(-n2c(Sc3ccccn3)nnc2-c2ccccc2)cc1. The highest BCUT2D eigenvalue weighted by Crippen LogP contribution is 2.31. The Labute approximate surface area is 157 Å². The van der Waals surface area contributed by atoms with Gasteiger partial charge in [0.15, 0.2) is 5.82 Å². The van der Waals surface area contributed by atoms with Crippen LogP contribution in [0.1, 0.15) is 12.5 Å². The van der Waals surface area contributed by atoms with Gasteiger partial charge in [0.2, 0.25) is 5.16 Å². The molecule has 0 amide bonds. The van der Waals surface area contributed by atoms with E-state index < -0.39 is 0 Å². The number of hydrogen-bond acceptors (Lipinski definition) is 4. The summed E-state index contributed by atoms with van der Waals surface area (Å²) < 4.78 is 2.09. The van der Waals surface area contributed by atoms with Crippen molar-refractivity contribution in [2.45, 2.75) is 23.5 Å². The van der Waals surface area contributed by atoms with Crippen LogP contribution in [0.25, 0.3) is 17.1 Å². The summed E-state index contributed by atoms with van der Waals surface area (Å²) in [4.78, 5) is 4.40. The van der Waals surface area contributed by atoms with Crippen molar-refractivity contribution in [1.29, 1.82) is 0 Å². The Morgan fingerprint density at radius 2 is 1.62 bits per heavy atom. The summed E-state index contributed by atoms with van der Waals surface area (Å²) in [7, 11) is 0. The van der Waals surface area contributed by atoms with E-state index in [-0.39, 0.29) is 0 Å². The van der Waals surface area contributed by atoms with Gasteiger partial charge in [-0.1, -0.05) is 55.5 Å². The predicted molar refractivity (Wildman–Crippen MR) is 105 cm³/mol. The number of pyridine rings is 1. The van der Waals surface area contributed by atoms with E-state index in [1.165, 1.54) is 17.3 Å². The zero-order chi connectivity index (χ0) is 17.8. The molecule has 0 aliphatic carbocycles. The van der Waals surface area contributed by atoms with Crippen LogP contribution in [0.5, 0.6) is 0 Å². The molecule has 0 saturated heterocycles. The summed E-state index contributed by atoms with van der Waals surface area (Å²) in [6, 6.07) is 24.5. The van der Waals surface area contributed by atoms with Crippen molar-refractivity contribution < 1.29 is 0 Å². The van der Waals surface area contributed by atoms with Gasteiger partial charge < -0.3 is 0 Å². The second-order valence-corrected chi connectivity index (χ2v) is 6.79. The first-order valence-electron chi connectivity index (χ1n) is 8.54. The molecule has 0 unspecified atom stereocenters. The molecular weight excluding hydrogens is 340 g/mol. The van der Waals surface area contributed by atoms with Gasteiger partial charge in [0.05, 0.1) is 0 Å². The van der Waals surface area contributed by atoms with Gasteiger partial charge in [-0.05, 0) is 48.0 Å². The van der Waals surface area contributed by atoms with E-state index in [0.717, 1.165) is 33.7 Å². The van der Waals surface area contributed by atoms with Crippen LogP contribution in [0, 0.1) is 0 Å². The summed E-state index contributed by atoms with van der Waals surface area (Å²) in [6.07, 6.45) is 2.81. The molecule has 2 aromatic heterocycles. The molecule has 0 N–H and O–H groups in total. The van der Waals surface area contributed by atoms with Crippen molar-refractivity contribution >= 4 is 11.8 Å². The van der Waals surface area contributed by atoms with Crippen LogP contribution in [-0.4, -0.2) is 19.7 Å². The molecule has 0 spiro atoms. The number of aryl methyl sites for hydroxylation is 1. The highest BCUT2D eigenvalue weighted by atomic mass is 32.2. The molecule has 0 fully saturated rings. The standard InChI is InChI=1S/C21H18N4S/c1-2-16-11-13-18(14-12-16)25-20(17-8-4-3-5-9-17)23-24-21(25)26-19-10-6-7-15-22-19/h3-15H,2H2,1H3. The molecule has 0 bridgehead atoms. The maximum atomic E-state index is 4.47. The maximum absolute atomic E-state index is 4.47. The minimum Gasteiger partial charge on any atom is -0.270 e. The van der Waals surface area contributed by atoms with Gasteiger partial charge in [-0.15, -0.1) is 10.2 Å². The highest BCUT2D eigenvalue weighted by Gasteiger charge is 2.17. The molecule has 4 aromatic rings. The smallest absolute Gasteiger partial charge is 0.202 e. The van der Waals surface area contributed by atoms with E-state index in [0.29, 0.717) is 0 Å². The van der Waals surface area contributed by atoms with E-state index in [1.54, 1.807) is 6.20 Å². The largest absolute Gasteiger partial charge is 0.270 e. The fourth-order valence-corrected chi connectivity index (χ4v) is 3.54. The minimum absolute atomic E-state index is 0.798. The van der Waals surface area contributed by atoms with E-state index in [1.807, 2.05) is 36.4 Å². The van der Waals surface area contributed by atoms with Gasteiger partial charge in [0, 0.05) is 17.4 Å². The van der Waals surface area contributed by atoms with Crippen LogP contribution in [0.3, 0.4) is 0 Å². The minimum atomic E-state index is 0.798. The fraction of sp³-hybridized carbons (Fsp3) is 0.0952.